The summed E-state index contributed by atoms with van der Waals surface area (Å²) >= 11 is -4.07. The molecule has 0 fully saturated rings. The van der Waals surface area contributed by atoms with E-state index < -0.39 is 34.8 Å². The summed E-state index contributed by atoms with van der Waals surface area (Å²) in [5.74, 6) is 0. The minimum absolute atomic E-state index is 0.0456. The molecular formula is C30H68O4Si2Ti. The summed E-state index contributed by atoms with van der Waals surface area (Å²) < 4.78 is 29.1. The molecule has 0 aliphatic carbocycles. The zero-order valence-electron chi connectivity index (χ0n) is 27.0. The van der Waals surface area contributed by atoms with Gasteiger partial charge in [-0.05, 0) is 0 Å². The van der Waals surface area contributed by atoms with Crippen LogP contribution in [-0.2, 0) is 30.8 Å². The summed E-state index contributed by atoms with van der Waals surface area (Å²) in [6.45, 7) is 22.5. The predicted octanol–water partition coefficient (Wildman–Crippen LogP) is 11.4. The second-order valence-electron chi connectivity index (χ2n) is 12.0. The Hall–Kier alpha value is 0.988. The quantitative estimate of drug-likeness (QED) is 0.0931. The van der Waals surface area contributed by atoms with Gasteiger partial charge in [0, 0.05) is 0 Å². The number of rotatable bonds is 26. The van der Waals surface area contributed by atoms with E-state index in [2.05, 4.69) is 69.2 Å². The molecule has 0 aromatic rings. The van der Waals surface area contributed by atoms with Gasteiger partial charge in [0.2, 0.25) is 0 Å². The Labute approximate surface area is 241 Å². The van der Waals surface area contributed by atoms with E-state index in [0.717, 1.165) is 0 Å². The maximum absolute atomic E-state index is 7.64. The van der Waals surface area contributed by atoms with Crippen molar-refractivity contribution in [2.45, 2.75) is 195 Å². The molecule has 37 heavy (non-hydrogen) atoms. The van der Waals surface area contributed by atoms with Crippen molar-refractivity contribution in [2.24, 2.45) is 0 Å². The molecule has 0 unspecified atom stereocenters. The molecule has 0 radical (unpaired) electrons. The maximum atomic E-state index is 7.64. The molecule has 0 spiro atoms. The minimum atomic E-state index is -4.07. The van der Waals surface area contributed by atoms with Crippen molar-refractivity contribution in [3.05, 3.63) is 0 Å². The standard InChI is InChI=1S/2C12H27OSi.2C3H7O.Ti/c2*1-4-7-10-14(13,11-8-5-2)12-9-6-3;2*1-3(2)4;/h2*4-12H2,1-3H3;2*3H,1-2H3;/q4*-1;+4. The first-order valence-corrected chi connectivity index (χ1v) is 24.0. The van der Waals surface area contributed by atoms with Gasteiger partial charge in [0.15, 0.2) is 0 Å². The van der Waals surface area contributed by atoms with Crippen molar-refractivity contribution in [3.63, 3.8) is 0 Å². The molecule has 0 atom stereocenters. The topological polar surface area (TPSA) is 36.9 Å². The van der Waals surface area contributed by atoms with Gasteiger partial charge in [-0.3, -0.25) is 0 Å². The molecule has 0 saturated carbocycles. The molecule has 0 saturated heterocycles. The fourth-order valence-corrected chi connectivity index (χ4v) is 26.0. The third-order valence-corrected chi connectivity index (χ3v) is 25.1. The van der Waals surface area contributed by atoms with Gasteiger partial charge < -0.3 is 0 Å². The van der Waals surface area contributed by atoms with Crippen LogP contribution in [0.2, 0.25) is 36.3 Å². The summed E-state index contributed by atoms with van der Waals surface area (Å²) in [5.41, 5.74) is 0. The summed E-state index contributed by atoms with van der Waals surface area (Å²) in [7, 11) is -4.18. The molecule has 4 nitrogen and oxygen atoms in total. The van der Waals surface area contributed by atoms with Crippen LogP contribution in [0.3, 0.4) is 0 Å². The van der Waals surface area contributed by atoms with E-state index in [1.807, 2.05) is 0 Å². The summed E-state index contributed by atoms with van der Waals surface area (Å²) in [6, 6.07) is 7.31. The van der Waals surface area contributed by atoms with Crippen LogP contribution in [0, 0.1) is 0 Å². The van der Waals surface area contributed by atoms with Crippen LogP contribution in [-0.4, -0.2) is 28.8 Å². The fourth-order valence-electron chi connectivity index (χ4n) is 5.30. The Morgan fingerprint density at radius 2 is 0.649 bits per heavy atom. The van der Waals surface area contributed by atoms with Gasteiger partial charge in [-0.1, -0.05) is 0 Å². The van der Waals surface area contributed by atoms with Crippen molar-refractivity contribution in [2.75, 3.05) is 0 Å². The van der Waals surface area contributed by atoms with Crippen LogP contribution in [0.15, 0.2) is 0 Å². The van der Waals surface area contributed by atoms with E-state index in [0.29, 0.717) is 0 Å². The Morgan fingerprint density at radius 1 is 0.432 bits per heavy atom. The average molecular weight is 597 g/mol. The van der Waals surface area contributed by atoms with Crippen LogP contribution >= 0.6 is 0 Å². The third kappa shape index (κ3) is 16.1. The van der Waals surface area contributed by atoms with Gasteiger partial charge in [0.1, 0.15) is 0 Å². The molecule has 224 valence electrons. The van der Waals surface area contributed by atoms with E-state index in [1.54, 1.807) is 0 Å². The van der Waals surface area contributed by atoms with Gasteiger partial charge in [0.25, 0.3) is 0 Å². The van der Waals surface area contributed by atoms with Crippen molar-refractivity contribution < 1.29 is 30.8 Å². The Kier molecular flexibility index (Phi) is 22.3. The van der Waals surface area contributed by atoms with Crippen LogP contribution in [0.1, 0.15) is 146 Å². The van der Waals surface area contributed by atoms with E-state index in [-0.39, 0.29) is 12.2 Å². The van der Waals surface area contributed by atoms with E-state index >= 15 is 0 Å². The predicted molar refractivity (Wildman–Crippen MR) is 164 cm³/mol. The van der Waals surface area contributed by atoms with E-state index in [4.69, 9.17) is 12.7 Å². The second kappa shape index (κ2) is 21.7. The molecule has 0 aromatic carbocycles. The first-order valence-electron chi connectivity index (χ1n) is 16.4. The molecule has 7 heteroatoms. The SMILES string of the molecule is CCCC[Si](CCCC)(CCCC)[O][Ti]([O]C(C)C)([O]C(C)C)[O][Si](CCCC)(CCCC)CCCC. The monoisotopic (exact) mass is 596 g/mol. The zero-order valence-corrected chi connectivity index (χ0v) is 30.6. The van der Waals surface area contributed by atoms with Gasteiger partial charge in [0.05, 0.1) is 0 Å². The first-order chi connectivity index (χ1) is 17.6. The molecule has 0 bridgehead atoms. The van der Waals surface area contributed by atoms with Crippen LogP contribution in [0.25, 0.3) is 0 Å². The first kappa shape index (κ1) is 38.0. The molecule has 0 aliphatic heterocycles. The molecular weight excluding hydrogens is 528 g/mol. The molecule has 0 amide bonds. The number of unbranched alkanes of at least 4 members (excludes halogenated alkanes) is 6. The third-order valence-electron chi connectivity index (χ3n) is 7.36. The zero-order chi connectivity index (χ0) is 28.2. The Balaban J connectivity index is 6.79. The molecule has 0 rings (SSSR count). The Bertz CT molecular complexity index is 444. The Morgan fingerprint density at radius 3 is 0.811 bits per heavy atom. The van der Waals surface area contributed by atoms with E-state index in [9.17, 15) is 0 Å². The molecule has 0 aromatic heterocycles. The van der Waals surface area contributed by atoms with E-state index in [1.165, 1.54) is 113 Å². The molecule has 0 N–H and O–H groups in total. The average Bonchev–Trinajstić information content (AvgIpc) is 2.84. The van der Waals surface area contributed by atoms with Crippen molar-refractivity contribution in [1.82, 2.24) is 0 Å². The van der Waals surface area contributed by atoms with Gasteiger partial charge in [-0.15, -0.1) is 0 Å². The van der Waals surface area contributed by atoms with Crippen molar-refractivity contribution in [1.29, 1.82) is 0 Å². The van der Waals surface area contributed by atoms with Crippen LogP contribution in [0.4, 0.5) is 0 Å². The van der Waals surface area contributed by atoms with Gasteiger partial charge in [-0.2, -0.15) is 0 Å². The molecule has 0 aliphatic rings. The van der Waals surface area contributed by atoms with Crippen LogP contribution < -0.4 is 0 Å². The normalized spacial score (nSPS) is 13.3. The van der Waals surface area contributed by atoms with Gasteiger partial charge >= 0.3 is 242 Å². The number of hydrogen-bond donors (Lipinski definition) is 0. The van der Waals surface area contributed by atoms with Crippen LogP contribution in [0.5, 0.6) is 0 Å². The fraction of sp³-hybridized carbons (Fsp3) is 1.00. The molecule has 0 heterocycles. The van der Waals surface area contributed by atoms with Crippen molar-refractivity contribution >= 4 is 16.6 Å². The summed E-state index contributed by atoms with van der Waals surface area (Å²) in [5, 5.41) is 0. The summed E-state index contributed by atoms with van der Waals surface area (Å²) in [4.78, 5) is 0. The van der Waals surface area contributed by atoms with Crippen molar-refractivity contribution in [3.8, 4) is 0 Å². The second-order valence-corrected chi connectivity index (χ2v) is 24.4. The number of hydrogen-bond acceptors (Lipinski definition) is 4. The summed E-state index contributed by atoms with van der Waals surface area (Å²) in [6.07, 6.45) is 14.8. The van der Waals surface area contributed by atoms with Gasteiger partial charge in [-0.25, -0.2) is 0 Å².